The molecule has 0 saturated carbocycles. The number of rotatable bonds is 2. The Bertz CT molecular complexity index is 733. The molecule has 0 aliphatic carbocycles. The van der Waals surface area contributed by atoms with Gasteiger partial charge in [0.05, 0.1) is 17.1 Å². The fourth-order valence-electron chi connectivity index (χ4n) is 2.42. The quantitative estimate of drug-likeness (QED) is 0.924. The molecule has 2 aromatic rings. The lowest BCUT2D eigenvalue weighted by Crippen LogP contribution is -2.35. The smallest absolute Gasteiger partial charge is 0.268 e. The van der Waals surface area contributed by atoms with Crippen molar-refractivity contribution < 1.29 is 8.42 Å². The SMILES string of the molecule is Cc1n[nH]c(C)c1S(=O)(=O)N1CCSc2ccccc21. The molecule has 0 atom stereocenters. The van der Waals surface area contributed by atoms with Gasteiger partial charge in [-0.2, -0.15) is 5.10 Å². The van der Waals surface area contributed by atoms with Crippen molar-refractivity contribution in [3.05, 3.63) is 35.7 Å². The summed E-state index contributed by atoms with van der Waals surface area (Å²) in [5, 5.41) is 6.74. The van der Waals surface area contributed by atoms with Gasteiger partial charge in [0.2, 0.25) is 0 Å². The summed E-state index contributed by atoms with van der Waals surface area (Å²) in [7, 11) is -3.57. The van der Waals surface area contributed by atoms with Crippen LogP contribution in [0.2, 0.25) is 0 Å². The highest BCUT2D eigenvalue weighted by atomic mass is 32.2. The summed E-state index contributed by atoms with van der Waals surface area (Å²) in [6.45, 7) is 3.92. The standard InChI is InChI=1S/C13H15N3O2S2/c1-9-13(10(2)15-14-9)20(17,18)16-7-8-19-12-6-4-3-5-11(12)16/h3-6H,7-8H2,1-2H3,(H,14,15). The third-order valence-corrected chi connectivity index (χ3v) is 6.41. The zero-order valence-corrected chi connectivity index (χ0v) is 12.9. The van der Waals surface area contributed by atoms with Gasteiger partial charge in [0.15, 0.2) is 0 Å². The highest BCUT2D eigenvalue weighted by Gasteiger charge is 2.32. The Morgan fingerprint density at radius 2 is 2.05 bits per heavy atom. The van der Waals surface area contributed by atoms with E-state index in [9.17, 15) is 8.42 Å². The van der Waals surface area contributed by atoms with Gasteiger partial charge in [-0.25, -0.2) is 8.42 Å². The van der Waals surface area contributed by atoms with Gasteiger partial charge in [-0.05, 0) is 26.0 Å². The Hall–Kier alpha value is -1.47. The van der Waals surface area contributed by atoms with Crippen molar-refractivity contribution in [3.63, 3.8) is 0 Å². The van der Waals surface area contributed by atoms with Crippen LogP contribution in [0.25, 0.3) is 0 Å². The molecule has 20 heavy (non-hydrogen) atoms. The molecule has 0 spiro atoms. The first-order valence-corrected chi connectivity index (χ1v) is 8.70. The highest BCUT2D eigenvalue weighted by molar-refractivity contribution is 8.00. The Kier molecular flexibility index (Phi) is 3.25. The van der Waals surface area contributed by atoms with Crippen LogP contribution in [-0.2, 0) is 10.0 Å². The molecule has 106 valence electrons. The molecule has 1 aromatic heterocycles. The molecular formula is C13H15N3O2S2. The van der Waals surface area contributed by atoms with Crippen molar-refractivity contribution in [2.45, 2.75) is 23.6 Å². The van der Waals surface area contributed by atoms with Gasteiger partial charge in [0.25, 0.3) is 10.0 Å². The lowest BCUT2D eigenvalue weighted by Gasteiger charge is -2.29. The maximum atomic E-state index is 12.9. The monoisotopic (exact) mass is 309 g/mol. The van der Waals surface area contributed by atoms with Gasteiger partial charge in [-0.15, -0.1) is 11.8 Å². The lowest BCUT2D eigenvalue weighted by atomic mass is 10.3. The van der Waals surface area contributed by atoms with E-state index in [0.717, 1.165) is 16.3 Å². The third kappa shape index (κ3) is 2.01. The summed E-state index contributed by atoms with van der Waals surface area (Å²) >= 11 is 1.68. The van der Waals surface area contributed by atoms with Crippen molar-refractivity contribution in [3.8, 4) is 0 Å². The first-order chi connectivity index (χ1) is 9.51. The van der Waals surface area contributed by atoms with Crippen LogP contribution < -0.4 is 4.31 Å². The Balaban J connectivity index is 2.15. The first kappa shape index (κ1) is 13.5. The minimum Gasteiger partial charge on any atom is -0.281 e. The number of hydrogen-bond donors (Lipinski definition) is 1. The fraction of sp³-hybridized carbons (Fsp3) is 0.308. The second-order valence-corrected chi connectivity index (χ2v) is 7.59. The number of aryl methyl sites for hydroxylation is 2. The predicted octanol–water partition coefficient (Wildman–Crippen LogP) is 2.33. The summed E-state index contributed by atoms with van der Waals surface area (Å²) < 4.78 is 27.3. The number of nitrogens with one attached hydrogen (secondary N) is 1. The van der Waals surface area contributed by atoms with Gasteiger partial charge in [-0.1, -0.05) is 12.1 Å². The van der Waals surface area contributed by atoms with Crippen molar-refractivity contribution >= 4 is 27.5 Å². The maximum absolute atomic E-state index is 12.9. The Morgan fingerprint density at radius 3 is 2.75 bits per heavy atom. The number of sulfonamides is 1. The first-order valence-electron chi connectivity index (χ1n) is 6.28. The Labute approximate surface area is 122 Å². The zero-order valence-electron chi connectivity index (χ0n) is 11.3. The summed E-state index contributed by atoms with van der Waals surface area (Å²) in [4.78, 5) is 1.29. The van der Waals surface area contributed by atoms with E-state index < -0.39 is 10.0 Å². The van der Waals surface area contributed by atoms with Crippen molar-refractivity contribution in [2.24, 2.45) is 0 Å². The molecule has 1 aliphatic heterocycles. The number of thioether (sulfide) groups is 1. The van der Waals surface area contributed by atoms with Crippen molar-refractivity contribution in [1.29, 1.82) is 0 Å². The lowest BCUT2D eigenvalue weighted by molar-refractivity contribution is 0.590. The number of aromatic amines is 1. The van der Waals surface area contributed by atoms with Crippen LogP contribution >= 0.6 is 11.8 Å². The van der Waals surface area contributed by atoms with Crippen LogP contribution in [0.3, 0.4) is 0 Å². The summed E-state index contributed by atoms with van der Waals surface area (Å²) in [5.74, 6) is 0.756. The summed E-state index contributed by atoms with van der Waals surface area (Å²) in [5.41, 5.74) is 1.85. The maximum Gasteiger partial charge on any atom is 0.268 e. The molecule has 0 saturated heterocycles. The number of para-hydroxylation sites is 1. The van der Waals surface area contributed by atoms with E-state index in [1.54, 1.807) is 25.6 Å². The molecule has 0 unspecified atom stereocenters. The van der Waals surface area contributed by atoms with E-state index >= 15 is 0 Å². The summed E-state index contributed by atoms with van der Waals surface area (Å²) in [6, 6.07) is 7.60. The zero-order chi connectivity index (χ0) is 14.3. The van der Waals surface area contributed by atoms with Gasteiger partial charge < -0.3 is 0 Å². The second-order valence-electron chi connectivity index (χ2n) is 4.66. The predicted molar refractivity (Wildman–Crippen MR) is 79.8 cm³/mol. The molecule has 1 N–H and O–H groups in total. The minimum atomic E-state index is -3.57. The largest absolute Gasteiger partial charge is 0.281 e. The average molecular weight is 309 g/mol. The number of H-pyrrole nitrogens is 1. The molecule has 3 rings (SSSR count). The van der Waals surface area contributed by atoms with Gasteiger partial charge in [0.1, 0.15) is 4.90 Å². The highest BCUT2D eigenvalue weighted by Crippen LogP contribution is 2.38. The van der Waals surface area contributed by atoms with Crippen LogP contribution in [0, 0.1) is 13.8 Å². The van der Waals surface area contributed by atoms with Crippen molar-refractivity contribution in [1.82, 2.24) is 10.2 Å². The van der Waals surface area contributed by atoms with Gasteiger partial charge in [-0.3, -0.25) is 9.40 Å². The second kappa shape index (κ2) is 4.82. The van der Waals surface area contributed by atoms with Crippen LogP contribution in [0.1, 0.15) is 11.4 Å². The van der Waals surface area contributed by atoms with Crippen LogP contribution in [0.15, 0.2) is 34.1 Å². The fourth-order valence-corrected chi connectivity index (χ4v) is 5.41. The number of anilines is 1. The van der Waals surface area contributed by atoms with Gasteiger partial charge in [0, 0.05) is 17.2 Å². The molecule has 2 heterocycles. The molecule has 7 heteroatoms. The number of aromatic nitrogens is 2. The number of benzene rings is 1. The molecule has 1 aliphatic rings. The number of hydrogen-bond acceptors (Lipinski definition) is 4. The van der Waals surface area contributed by atoms with Crippen molar-refractivity contribution in [2.75, 3.05) is 16.6 Å². The van der Waals surface area contributed by atoms with E-state index in [0.29, 0.717) is 22.8 Å². The molecule has 1 aromatic carbocycles. The van der Waals surface area contributed by atoms with Crippen LogP contribution in [0.4, 0.5) is 5.69 Å². The topological polar surface area (TPSA) is 66.1 Å². The van der Waals surface area contributed by atoms with E-state index in [1.807, 2.05) is 24.3 Å². The summed E-state index contributed by atoms with van der Waals surface area (Å²) in [6.07, 6.45) is 0. The van der Waals surface area contributed by atoms with E-state index in [4.69, 9.17) is 0 Å². The van der Waals surface area contributed by atoms with Gasteiger partial charge >= 0.3 is 0 Å². The molecule has 5 nitrogen and oxygen atoms in total. The van der Waals surface area contributed by atoms with Crippen LogP contribution in [-0.4, -0.2) is 30.9 Å². The van der Waals surface area contributed by atoms with E-state index in [1.165, 1.54) is 4.31 Å². The normalized spacial score (nSPS) is 15.2. The van der Waals surface area contributed by atoms with E-state index in [-0.39, 0.29) is 0 Å². The average Bonchev–Trinajstić information content (AvgIpc) is 2.78. The molecule has 0 radical (unpaired) electrons. The minimum absolute atomic E-state index is 0.291. The number of nitrogens with zero attached hydrogens (tertiary/aromatic N) is 2. The van der Waals surface area contributed by atoms with Crippen LogP contribution in [0.5, 0.6) is 0 Å². The molecule has 0 fully saturated rings. The molecular weight excluding hydrogens is 294 g/mol. The Morgan fingerprint density at radius 1 is 1.30 bits per heavy atom. The van der Waals surface area contributed by atoms with E-state index in [2.05, 4.69) is 10.2 Å². The molecule has 0 bridgehead atoms. The molecule has 0 amide bonds. The number of fused-ring (bicyclic) bond motifs is 1. The third-order valence-electron chi connectivity index (χ3n) is 3.29.